The Morgan fingerprint density at radius 2 is 1.59 bits per heavy atom. The molecule has 0 radical (unpaired) electrons. The van der Waals surface area contributed by atoms with Crippen LogP contribution >= 0.6 is 0 Å². The second-order valence-electron chi connectivity index (χ2n) is 7.61. The summed E-state index contributed by atoms with van der Waals surface area (Å²) in [6.45, 7) is 5.09. The Bertz CT molecular complexity index is 1150. The predicted octanol–water partition coefficient (Wildman–Crippen LogP) is 5.50. The first kappa shape index (κ1) is 21.4. The molecule has 0 atom stereocenters. The van der Waals surface area contributed by atoms with Gasteiger partial charge in [0.05, 0.1) is 13.2 Å². The maximum Gasteiger partial charge on any atom is 0.363 e. The molecule has 162 valence electrons. The highest BCUT2D eigenvalue weighted by atomic mass is 16.6. The first-order valence-corrected chi connectivity index (χ1v) is 10.6. The van der Waals surface area contributed by atoms with Crippen molar-refractivity contribution in [1.29, 1.82) is 0 Å². The molecule has 0 aliphatic carbocycles. The van der Waals surface area contributed by atoms with E-state index in [4.69, 9.17) is 14.2 Å². The fourth-order valence-electron chi connectivity index (χ4n) is 3.24. The first-order valence-electron chi connectivity index (χ1n) is 10.6. The summed E-state index contributed by atoms with van der Waals surface area (Å²) in [6, 6.07) is 23.2. The van der Waals surface area contributed by atoms with Crippen molar-refractivity contribution in [3.05, 3.63) is 101 Å². The van der Waals surface area contributed by atoms with Gasteiger partial charge in [0, 0.05) is 17.5 Å². The second-order valence-corrected chi connectivity index (χ2v) is 7.61. The number of carbonyl (C=O) groups excluding carboxylic acids is 1. The molecule has 0 fully saturated rings. The van der Waals surface area contributed by atoms with E-state index in [1.54, 1.807) is 6.08 Å². The van der Waals surface area contributed by atoms with Crippen molar-refractivity contribution in [3.63, 3.8) is 0 Å². The predicted molar refractivity (Wildman–Crippen MR) is 125 cm³/mol. The molecule has 5 heteroatoms. The fraction of sp³-hybridized carbons (Fsp3) is 0.185. The lowest BCUT2D eigenvalue weighted by Crippen LogP contribution is -2.06. The molecule has 0 N–H and O–H groups in total. The van der Waals surface area contributed by atoms with Gasteiger partial charge in [0.15, 0.2) is 5.70 Å². The highest BCUT2D eigenvalue weighted by Crippen LogP contribution is 2.26. The van der Waals surface area contributed by atoms with Crippen LogP contribution in [0.3, 0.4) is 0 Å². The van der Waals surface area contributed by atoms with Crippen LogP contribution in [0.4, 0.5) is 0 Å². The zero-order chi connectivity index (χ0) is 22.3. The summed E-state index contributed by atoms with van der Waals surface area (Å²) in [5.41, 5.74) is 4.06. The van der Waals surface area contributed by atoms with Crippen molar-refractivity contribution in [2.75, 3.05) is 13.2 Å². The average molecular weight is 428 g/mol. The Hall–Kier alpha value is -3.86. The van der Waals surface area contributed by atoms with Gasteiger partial charge in [-0.3, -0.25) is 0 Å². The monoisotopic (exact) mass is 427 g/mol. The van der Waals surface area contributed by atoms with Crippen LogP contribution in [0.25, 0.3) is 6.08 Å². The molecule has 3 aromatic carbocycles. The van der Waals surface area contributed by atoms with Gasteiger partial charge in [-0.05, 0) is 56.3 Å². The van der Waals surface area contributed by atoms with Crippen LogP contribution in [0, 0.1) is 13.8 Å². The molecule has 0 bridgehead atoms. The number of cyclic esters (lactones) is 1. The lowest BCUT2D eigenvalue weighted by molar-refractivity contribution is -0.129. The lowest BCUT2D eigenvalue weighted by Gasteiger charge is -2.11. The number of nitrogens with zero attached hydrogens (tertiary/aromatic N) is 1. The fourth-order valence-corrected chi connectivity index (χ4v) is 3.24. The summed E-state index contributed by atoms with van der Waals surface area (Å²) >= 11 is 0. The molecule has 5 nitrogen and oxygen atoms in total. The normalized spacial score (nSPS) is 14.2. The number of benzene rings is 3. The number of hydrogen-bond donors (Lipinski definition) is 0. The smallest absolute Gasteiger partial charge is 0.363 e. The molecular weight excluding hydrogens is 402 g/mol. The molecule has 0 saturated heterocycles. The van der Waals surface area contributed by atoms with Crippen LogP contribution in [0.5, 0.6) is 11.5 Å². The zero-order valence-corrected chi connectivity index (χ0v) is 18.2. The van der Waals surface area contributed by atoms with E-state index in [1.807, 2.05) is 86.6 Å². The summed E-state index contributed by atoms with van der Waals surface area (Å²) in [5.74, 6) is 1.38. The van der Waals surface area contributed by atoms with Gasteiger partial charge in [0.1, 0.15) is 11.5 Å². The molecule has 32 heavy (non-hydrogen) atoms. The minimum absolute atomic E-state index is 0.252. The standard InChI is InChI=1S/C27H25NO4/c1-19-9-12-23(13-10-19)30-15-6-16-31-25-14-11-20(2)17-22(25)18-24-27(29)32-26(28-24)21-7-4-3-5-8-21/h3-5,7-14,17-18H,6,15-16H2,1-2H3/b24-18+. The number of rotatable bonds is 8. The molecule has 1 heterocycles. The molecule has 0 spiro atoms. The van der Waals surface area contributed by atoms with Gasteiger partial charge in [0.25, 0.3) is 0 Å². The number of esters is 1. The topological polar surface area (TPSA) is 57.1 Å². The molecule has 0 amide bonds. The highest BCUT2D eigenvalue weighted by Gasteiger charge is 2.24. The second kappa shape index (κ2) is 9.96. The Kier molecular flexibility index (Phi) is 6.66. The van der Waals surface area contributed by atoms with Crippen molar-refractivity contribution < 1.29 is 19.0 Å². The summed E-state index contributed by atoms with van der Waals surface area (Å²) in [6.07, 6.45) is 2.44. The maximum atomic E-state index is 12.4. The van der Waals surface area contributed by atoms with Crippen molar-refractivity contribution in [1.82, 2.24) is 0 Å². The van der Waals surface area contributed by atoms with E-state index in [0.29, 0.717) is 24.9 Å². The van der Waals surface area contributed by atoms with E-state index in [2.05, 4.69) is 4.99 Å². The van der Waals surface area contributed by atoms with Crippen molar-refractivity contribution in [2.24, 2.45) is 4.99 Å². The number of ether oxygens (including phenoxy) is 3. The lowest BCUT2D eigenvalue weighted by atomic mass is 10.1. The number of aryl methyl sites for hydroxylation is 2. The van der Waals surface area contributed by atoms with Crippen molar-refractivity contribution >= 4 is 17.9 Å². The van der Waals surface area contributed by atoms with Gasteiger partial charge in [-0.1, -0.05) is 47.5 Å². The molecule has 0 aromatic heterocycles. The Balaban J connectivity index is 1.41. The average Bonchev–Trinajstić information content (AvgIpc) is 3.17. The van der Waals surface area contributed by atoms with Gasteiger partial charge in [-0.25, -0.2) is 9.79 Å². The van der Waals surface area contributed by atoms with E-state index in [-0.39, 0.29) is 5.70 Å². The molecule has 1 aliphatic heterocycles. The van der Waals surface area contributed by atoms with Gasteiger partial charge in [-0.2, -0.15) is 0 Å². The number of carbonyl (C=O) groups is 1. The molecule has 0 saturated carbocycles. The maximum absolute atomic E-state index is 12.4. The molecular formula is C27H25NO4. The summed E-state index contributed by atoms with van der Waals surface area (Å²) in [7, 11) is 0. The minimum Gasteiger partial charge on any atom is -0.493 e. The van der Waals surface area contributed by atoms with E-state index in [9.17, 15) is 4.79 Å². The molecule has 4 rings (SSSR count). The Morgan fingerprint density at radius 3 is 2.38 bits per heavy atom. The third-order valence-corrected chi connectivity index (χ3v) is 4.93. The third kappa shape index (κ3) is 5.43. The Labute approximate surface area is 188 Å². The molecule has 0 unspecified atom stereocenters. The van der Waals surface area contributed by atoms with Gasteiger partial charge in [0.2, 0.25) is 5.90 Å². The number of aliphatic imine (C=N–C) groups is 1. The van der Waals surface area contributed by atoms with E-state index >= 15 is 0 Å². The molecule has 1 aliphatic rings. The Morgan fingerprint density at radius 1 is 0.875 bits per heavy atom. The van der Waals surface area contributed by atoms with Crippen LogP contribution in [-0.4, -0.2) is 25.1 Å². The van der Waals surface area contributed by atoms with E-state index < -0.39 is 5.97 Å². The van der Waals surface area contributed by atoms with Crippen LogP contribution in [0.15, 0.2) is 83.5 Å². The van der Waals surface area contributed by atoms with E-state index in [0.717, 1.165) is 28.9 Å². The van der Waals surface area contributed by atoms with Crippen LogP contribution < -0.4 is 9.47 Å². The highest BCUT2D eigenvalue weighted by molar-refractivity contribution is 6.12. The first-order chi connectivity index (χ1) is 15.6. The largest absolute Gasteiger partial charge is 0.493 e. The van der Waals surface area contributed by atoms with Crippen molar-refractivity contribution in [2.45, 2.75) is 20.3 Å². The zero-order valence-electron chi connectivity index (χ0n) is 18.2. The molecule has 3 aromatic rings. The third-order valence-electron chi connectivity index (χ3n) is 4.93. The summed E-state index contributed by atoms with van der Waals surface area (Å²) in [5, 5.41) is 0. The SMILES string of the molecule is Cc1ccc(OCCCOc2ccc(C)cc2/C=C2/N=C(c3ccccc3)OC2=O)cc1. The van der Waals surface area contributed by atoms with Crippen molar-refractivity contribution in [3.8, 4) is 11.5 Å². The minimum atomic E-state index is -0.470. The van der Waals surface area contributed by atoms with Gasteiger partial charge >= 0.3 is 5.97 Å². The van der Waals surface area contributed by atoms with Gasteiger partial charge in [-0.15, -0.1) is 0 Å². The van der Waals surface area contributed by atoms with E-state index in [1.165, 1.54) is 5.56 Å². The number of hydrogen-bond acceptors (Lipinski definition) is 5. The van der Waals surface area contributed by atoms with Gasteiger partial charge < -0.3 is 14.2 Å². The summed E-state index contributed by atoms with van der Waals surface area (Å²) < 4.78 is 17.1. The van der Waals surface area contributed by atoms with Crippen LogP contribution in [0.2, 0.25) is 0 Å². The van der Waals surface area contributed by atoms with Crippen LogP contribution in [-0.2, 0) is 9.53 Å². The van der Waals surface area contributed by atoms with Crippen LogP contribution in [0.1, 0.15) is 28.7 Å². The quantitative estimate of drug-likeness (QED) is 0.271. The summed E-state index contributed by atoms with van der Waals surface area (Å²) in [4.78, 5) is 16.7.